The number of amides is 2. The number of carbonyl (C=O) groups is 2. The van der Waals surface area contributed by atoms with E-state index in [4.69, 9.17) is 10.5 Å². The predicted molar refractivity (Wildman–Crippen MR) is 78.4 cm³/mol. The highest BCUT2D eigenvalue weighted by Crippen LogP contribution is 2.20. The van der Waals surface area contributed by atoms with Gasteiger partial charge >= 0.3 is 0 Å². The highest BCUT2D eigenvalue weighted by molar-refractivity contribution is 6.06. The zero-order valence-electron chi connectivity index (χ0n) is 11.7. The number of anilines is 1. The molecule has 3 N–H and O–H groups in total. The van der Waals surface area contributed by atoms with Crippen LogP contribution in [0.5, 0.6) is 5.88 Å². The summed E-state index contributed by atoms with van der Waals surface area (Å²) < 4.78 is 5.05. The molecule has 0 aliphatic carbocycles. The first-order valence-electron chi connectivity index (χ1n) is 6.23. The summed E-state index contributed by atoms with van der Waals surface area (Å²) in [6.45, 7) is 1.82. The second kappa shape index (κ2) is 6.04. The Labute approximate surface area is 121 Å². The van der Waals surface area contributed by atoms with Gasteiger partial charge in [0.1, 0.15) is 5.56 Å². The van der Waals surface area contributed by atoms with Crippen molar-refractivity contribution < 1.29 is 14.3 Å². The molecule has 0 saturated heterocycles. The molecular formula is C15H15N3O3. The van der Waals surface area contributed by atoms with E-state index in [2.05, 4.69) is 10.3 Å². The van der Waals surface area contributed by atoms with Crippen LogP contribution in [-0.4, -0.2) is 23.9 Å². The monoisotopic (exact) mass is 285 g/mol. The Kier molecular flexibility index (Phi) is 4.18. The van der Waals surface area contributed by atoms with Gasteiger partial charge in [-0.3, -0.25) is 9.59 Å². The van der Waals surface area contributed by atoms with Crippen LogP contribution in [0.2, 0.25) is 0 Å². The Morgan fingerprint density at radius 2 is 2.05 bits per heavy atom. The molecule has 6 heteroatoms. The van der Waals surface area contributed by atoms with Crippen LogP contribution in [0.15, 0.2) is 36.5 Å². The topological polar surface area (TPSA) is 94.3 Å². The zero-order chi connectivity index (χ0) is 15.4. The number of nitrogens with two attached hydrogens (primary N) is 1. The maximum atomic E-state index is 12.3. The first kappa shape index (κ1) is 14.5. The molecule has 0 fully saturated rings. The fourth-order valence-corrected chi connectivity index (χ4v) is 1.83. The van der Waals surface area contributed by atoms with Crippen LogP contribution < -0.4 is 15.8 Å². The number of aromatic nitrogens is 1. The highest BCUT2D eigenvalue weighted by atomic mass is 16.5. The summed E-state index contributed by atoms with van der Waals surface area (Å²) in [6, 6.07) is 8.12. The number of nitrogens with one attached hydrogen (secondary N) is 1. The first-order valence-corrected chi connectivity index (χ1v) is 6.23. The molecule has 2 amide bonds. The van der Waals surface area contributed by atoms with Crippen LogP contribution >= 0.6 is 0 Å². The molecule has 0 aliphatic rings. The van der Waals surface area contributed by atoms with Crippen molar-refractivity contribution in [1.29, 1.82) is 0 Å². The molecule has 2 aromatic rings. The predicted octanol–water partition coefficient (Wildman–Crippen LogP) is 1.75. The average molecular weight is 285 g/mol. The number of hydrogen-bond acceptors (Lipinski definition) is 4. The molecule has 1 aromatic heterocycles. The van der Waals surface area contributed by atoms with Gasteiger partial charge in [-0.25, -0.2) is 4.98 Å². The minimum absolute atomic E-state index is 0.235. The van der Waals surface area contributed by atoms with E-state index >= 15 is 0 Å². The third-order valence-electron chi connectivity index (χ3n) is 2.98. The Hall–Kier alpha value is -2.89. The highest BCUT2D eigenvalue weighted by Gasteiger charge is 2.14. The molecule has 0 aliphatic heterocycles. The smallest absolute Gasteiger partial charge is 0.261 e. The van der Waals surface area contributed by atoms with Gasteiger partial charge in [-0.05, 0) is 36.8 Å². The normalized spacial score (nSPS) is 10.0. The number of benzene rings is 1. The van der Waals surface area contributed by atoms with Crippen molar-refractivity contribution in [2.45, 2.75) is 6.92 Å². The summed E-state index contributed by atoms with van der Waals surface area (Å²) in [5.41, 5.74) is 7.21. The summed E-state index contributed by atoms with van der Waals surface area (Å²) >= 11 is 0. The van der Waals surface area contributed by atoms with Crippen molar-refractivity contribution in [3.63, 3.8) is 0 Å². The summed E-state index contributed by atoms with van der Waals surface area (Å²) in [5, 5.41) is 2.73. The van der Waals surface area contributed by atoms with E-state index < -0.39 is 5.91 Å². The van der Waals surface area contributed by atoms with Crippen molar-refractivity contribution in [3.8, 4) is 5.88 Å². The fourth-order valence-electron chi connectivity index (χ4n) is 1.83. The van der Waals surface area contributed by atoms with Crippen LogP contribution in [0.1, 0.15) is 26.3 Å². The van der Waals surface area contributed by atoms with Gasteiger partial charge in [0.05, 0.1) is 7.11 Å². The molecule has 0 saturated carbocycles. The number of nitrogens with zero attached hydrogens (tertiary/aromatic N) is 1. The van der Waals surface area contributed by atoms with Crippen LogP contribution in [-0.2, 0) is 0 Å². The maximum Gasteiger partial charge on any atom is 0.261 e. The van der Waals surface area contributed by atoms with E-state index in [0.29, 0.717) is 16.8 Å². The van der Waals surface area contributed by atoms with Crippen molar-refractivity contribution in [2.75, 3.05) is 12.4 Å². The molecule has 1 aromatic carbocycles. The second-order valence-electron chi connectivity index (χ2n) is 4.41. The van der Waals surface area contributed by atoms with Gasteiger partial charge in [-0.1, -0.05) is 6.07 Å². The molecule has 0 radical (unpaired) electrons. The lowest BCUT2D eigenvalue weighted by atomic mass is 10.1. The Morgan fingerprint density at radius 3 is 2.71 bits per heavy atom. The Morgan fingerprint density at radius 1 is 1.29 bits per heavy atom. The summed E-state index contributed by atoms with van der Waals surface area (Å²) in [7, 11) is 1.44. The molecule has 108 valence electrons. The van der Waals surface area contributed by atoms with Crippen LogP contribution in [0, 0.1) is 6.92 Å². The molecule has 0 atom stereocenters. The number of hydrogen-bond donors (Lipinski definition) is 2. The lowest BCUT2D eigenvalue weighted by molar-refractivity contribution is 0.0995. The van der Waals surface area contributed by atoms with Gasteiger partial charge in [0, 0.05) is 17.4 Å². The van der Waals surface area contributed by atoms with Gasteiger partial charge in [-0.2, -0.15) is 0 Å². The number of carbonyl (C=O) groups excluding carboxylic acids is 2. The number of primary amides is 1. The third-order valence-corrected chi connectivity index (χ3v) is 2.98. The lowest BCUT2D eigenvalue weighted by Crippen LogP contribution is -2.16. The molecule has 2 rings (SSSR count). The molecule has 1 heterocycles. The standard InChI is InChI=1S/C15H15N3O3/c1-9-5-6-10(13(16)19)8-12(9)18-14(20)11-4-3-7-17-15(11)21-2/h3-8H,1-2H3,(H2,16,19)(H,18,20). The van der Waals surface area contributed by atoms with Crippen molar-refractivity contribution in [2.24, 2.45) is 5.73 Å². The Balaban J connectivity index is 2.31. The third kappa shape index (κ3) is 3.17. The van der Waals surface area contributed by atoms with Crippen LogP contribution in [0.3, 0.4) is 0 Å². The van der Waals surface area contributed by atoms with Crippen molar-refractivity contribution in [1.82, 2.24) is 4.98 Å². The van der Waals surface area contributed by atoms with E-state index in [-0.39, 0.29) is 11.8 Å². The SMILES string of the molecule is COc1ncccc1C(=O)Nc1cc(C(N)=O)ccc1C. The number of pyridine rings is 1. The lowest BCUT2D eigenvalue weighted by Gasteiger charge is -2.11. The fraction of sp³-hybridized carbons (Fsp3) is 0.133. The molecule has 21 heavy (non-hydrogen) atoms. The number of ether oxygens (including phenoxy) is 1. The molecule has 0 spiro atoms. The van der Waals surface area contributed by atoms with Gasteiger partial charge in [0.15, 0.2) is 0 Å². The van der Waals surface area contributed by atoms with Crippen molar-refractivity contribution in [3.05, 3.63) is 53.2 Å². The minimum atomic E-state index is -0.551. The Bertz CT molecular complexity index is 698. The van der Waals surface area contributed by atoms with Gasteiger partial charge in [0.25, 0.3) is 5.91 Å². The van der Waals surface area contributed by atoms with Gasteiger partial charge < -0.3 is 15.8 Å². The average Bonchev–Trinajstić information content (AvgIpc) is 2.49. The molecule has 0 bridgehead atoms. The van der Waals surface area contributed by atoms with E-state index in [1.807, 2.05) is 6.92 Å². The number of rotatable bonds is 4. The number of methoxy groups -OCH3 is 1. The largest absolute Gasteiger partial charge is 0.480 e. The van der Waals surface area contributed by atoms with E-state index in [1.54, 1.807) is 30.3 Å². The number of aryl methyl sites for hydroxylation is 1. The summed E-state index contributed by atoms with van der Waals surface area (Å²) in [5.74, 6) is -0.687. The van der Waals surface area contributed by atoms with Gasteiger partial charge in [-0.15, -0.1) is 0 Å². The molecular weight excluding hydrogens is 270 g/mol. The summed E-state index contributed by atoms with van der Waals surface area (Å²) in [6.07, 6.45) is 1.54. The maximum absolute atomic E-state index is 12.3. The zero-order valence-corrected chi connectivity index (χ0v) is 11.7. The quantitative estimate of drug-likeness (QED) is 0.894. The molecule has 0 unspecified atom stereocenters. The van der Waals surface area contributed by atoms with Crippen molar-refractivity contribution >= 4 is 17.5 Å². The summed E-state index contributed by atoms with van der Waals surface area (Å²) in [4.78, 5) is 27.5. The van der Waals surface area contributed by atoms with Crippen LogP contribution in [0.4, 0.5) is 5.69 Å². The minimum Gasteiger partial charge on any atom is -0.480 e. The van der Waals surface area contributed by atoms with E-state index in [9.17, 15) is 9.59 Å². The molecule has 6 nitrogen and oxygen atoms in total. The first-order chi connectivity index (χ1) is 10.0. The van der Waals surface area contributed by atoms with E-state index in [1.165, 1.54) is 13.3 Å². The second-order valence-corrected chi connectivity index (χ2v) is 4.41. The van der Waals surface area contributed by atoms with E-state index in [0.717, 1.165) is 5.56 Å². The van der Waals surface area contributed by atoms with Crippen LogP contribution in [0.25, 0.3) is 0 Å². The van der Waals surface area contributed by atoms with Gasteiger partial charge in [0.2, 0.25) is 11.8 Å².